The molecule has 0 spiro atoms. The number of carbonyl (C=O) groups excluding carboxylic acids is 1. The van der Waals surface area contributed by atoms with Gasteiger partial charge < -0.3 is 5.32 Å². The summed E-state index contributed by atoms with van der Waals surface area (Å²) in [4.78, 5) is 12.2. The van der Waals surface area contributed by atoms with Crippen molar-refractivity contribution < 1.29 is 4.79 Å². The molecule has 0 radical (unpaired) electrons. The van der Waals surface area contributed by atoms with Gasteiger partial charge in [-0.3, -0.25) is 20.2 Å². The van der Waals surface area contributed by atoms with Crippen LogP contribution in [0.25, 0.3) is 17.1 Å². The van der Waals surface area contributed by atoms with E-state index in [2.05, 4.69) is 32.9 Å². The second-order valence-corrected chi connectivity index (χ2v) is 7.15. The van der Waals surface area contributed by atoms with E-state index in [0.29, 0.717) is 22.6 Å². The highest BCUT2D eigenvalue weighted by atomic mass is 32.2. The van der Waals surface area contributed by atoms with Crippen LogP contribution in [-0.2, 0) is 4.79 Å². The van der Waals surface area contributed by atoms with Crippen molar-refractivity contribution in [3.63, 3.8) is 0 Å². The van der Waals surface area contributed by atoms with Gasteiger partial charge in [-0.05, 0) is 24.4 Å². The van der Waals surface area contributed by atoms with Crippen molar-refractivity contribution in [3.05, 3.63) is 73.3 Å². The summed E-state index contributed by atoms with van der Waals surface area (Å²) in [6.07, 6.45) is 1.67. The first kappa shape index (κ1) is 20.6. The fraction of sp³-hybridized carbons (Fsp3) is 0.100. The second-order valence-electron chi connectivity index (χ2n) is 5.80. The van der Waals surface area contributed by atoms with Gasteiger partial charge in [-0.2, -0.15) is 0 Å². The van der Waals surface area contributed by atoms with Gasteiger partial charge in [0, 0.05) is 17.8 Å². The molecule has 0 atom stereocenters. The van der Waals surface area contributed by atoms with Crippen LogP contribution >= 0.6 is 24.0 Å². The van der Waals surface area contributed by atoms with Gasteiger partial charge >= 0.3 is 0 Å². The van der Waals surface area contributed by atoms with Gasteiger partial charge in [0.25, 0.3) is 0 Å². The SMILES string of the molecule is C=CCNC(=S)NNC(=O)CSc1nnc(-c2ccccc2)n1-c1ccccc1. The van der Waals surface area contributed by atoms with Crippen LogP contribution < -0.4 is 16.2 Å². The fourth-order valence-corrected chi connectivity index (χ4v) is 3.34. The van der Waals surface area contributed by atoms with E-state index in [-0.39, 0.29) is 11.7 Å². The predicted octanol–water partition coefficient (Wildman–Crippen LogP) is 2.71. The molecule has 0 aliphatic carbocycles. The van der Waals surface area contributed by atoms with Gasteiger partial charge in [-0.15, -0.1) is 16.8 Å². The zero-order valence-corrected chi connectivity index (χ0v) is 17.2. The zero-order chi connectivity index (χ0) is 20.5. The van der Waals surface area contributed by atoms with Crippen LogP contribution in [0.3, 0.4) is 0 Å². The predicted molar refractivity (Wildman–Crippen MR) is 120 cm³/mol. The number of amides is 1. The fourth-order valence-electron chi connectivity index (χ4n) is 2.45. The smallest absolute Gasteiger partial charge is 0.248 e. The summed E-state index contributed by atoms with van der Waals surface area (Å²) >= 11 is 6.33. The largest absolute Gasteiger partial charge is 0.358 e. The van der Waals surface area contributed by atoms with Gasteiger partial charge in [0.2, 0.25) is 5.91 Å². The monoisotopic (exact) mass is 424 g/mol. The summed E-state index contributed by atoms with van der Waals surface area (Å²) in [7, 11) is 0. The molecule has 0 unspecified atom stereocenters. The van der Waals surface area contributed by atoms with Crippen molar-refractivity contribution in [2.75, 3.05) is 12.3 Å². The molecule has 3 rings (SSSR count). The van der Waals surface area contributed by atoms with Gasteiger partial charge in [0.1, 0.15) is 0 Å². The number of benzene rings is 2. The lowest BCUT2D eigenvalue weighted by molar-refractivity contribution is -0.119. The van der Waals surface area contributed by atoms with Crippen LogP contribution in [-0.4, -0.2) is 38.1 Å². The number of nitrogens with one attached hydrogen (secondary N) is 3. The topological polar surface area (TPSA) is 83.9 Å². The normalized spacial score (nSPS) is 10.2. The van der Waals surface area contributed by atoms with Crippen LogP contribution in [0, 0.1) is 0 Å². The third-order valence-corrected chi connectivity index (χ3v) is 4.91. The van der Waals surface area contributed by atoms with E-state index >= 15 is 0 Å². The van der Waals surface area contributed by atoms with Crippen LogP contribution in [0.2, 0.25) is 0 Å². The lowest BCUT2D eigenvalue weighted by Gasteiger charge is -2.11. The van der Waals surface area contributed by atoms with Gasteiger partial charge in [0.15, 0.2) is 16.1 Å². The molecule has 1 amide bonds. The molecule has 0 aliphatic heterocycles. The first-order valence-corrected chi connectivity index (χ1v) is 10.2. The van der Waals surface area contributed by atoms with E-state index in [0.717, 1.165) is 11.3 Å². The number of carbonyl (C=O) groups is 1. The van der Waals surface area contributed by atoms with Crippen molar-refractivity contribution in [1.82, 2.24) is 30.9 Å². The quantitative estimate of drug-likeness (QED) is 0.233. The Bertz CT molecular complexity index is 975. The first-order chi connectivity index (χ1) is 14.2. The number of nitrogens with zero attached hydrogens (tertiary/aromatic N) is 3. The molecule has 9 heteroatoms. The minimum atomic E-state index is -0.235. The zero-order valence-electron chi connectivity index (χ0n) is 15.5. The number of aromatic nitrogens is 3. The summed E-state index contributed by atoms with van der Waals surface area (Å²) < 4.78 is 1.94. The average Bonchev–Trinajstić information content (AvgIpc) is 3.20. The highest BCUT2D eigenvalue weighted by Gasteiger charge is 2.17. The maximum atomic E-state index is 12.2. The molecule has 3 aromatic rings. The number of thiocarbonyl (C=S) groups is 1. The second kappa shape index (κ2) is 10.4. The molecule has 0 fully saturated rings. The molecule has 2 aromatic carbocycles. The Morgan fingerprint density at radius 1 is 1.07 bits per heavy atom. The van der Waals surface area contributed by atoms with Crippen LogP contribution in [0.1, 0.15) is 0 Å². The minimum Gasteiger partial charge on any atom is -0.358 e. The summed E-state index contributed by atoms with van der Waals surface area (Å²) in [5, 5.41) is 12.5. The third-order valence-electron chi connectivity index (χ3n) is 3.73. The molecule has 0 bridgehead atoms. The lowest BCUT2D eigenvalue weighted by Crippen LogP contribution is -2.47. The molecule has 1 aromatic heterocycles. The van der Waals surface area contributed by atoms with Crippen LogP contribution in [0.4, 0.5) is 0 Å². The molecule has 0 saturated heterocycles. The Hall–Kier alpha value is -3.17. The van der Waals surface area contributed by atoms with Gasteiger partial charge in [0.05, 0.1) is 5.75 Å². The van der Waals surface area contributed by atoms with E-state index in [4.69, 9.17) is 12.2 Å². The molecule has 3 N–H and O–H groups in total. The number of para-hydroxylation sites is 1. The van der Waals surface area contributed by atoms with Crippen molar-refractivity contribution >= 4 is 35.0 Å². The number of hydrazine groups is 1. The first-order valence-electron chi connectivity index (χ1n) is 8.81. The average molecular weight is 425 g/mol. The van der Waals surface area contributed by atoms with Crippen molar-refractivity contribution in [1.29, 1.82) is 0 Å². The number of rotatable bonds is 7. The number of hydrogen-bond donors (Lipinski definition) is 3. The van der Waals surface area contributed by atoms with Crippen molar-refractivity contribution in [3.8, 4) is 17.1 Å². The Labute approximate surface area is 178 Å². The standard InChI is InChI=1S/C20H20N6OS2/c1-2-13-21-19(28)24-22-17(27)14-29-20-25-23-18(15-9-5-3-6-10-15)26(20)16-11-7-4-8-12-16/h2-12H,1,13-14H2,(H,22,27)(H2,21,24,28). The Morgan fingerprint density at radius 3 is 2.45 bits per heavy atom. The van der Waals surface area contributed by atoms with Crippen LogP contribution in [0.5, 0.6) is 0 Å². The number of hydrogen-bond acceptors (Lipinski definition) is 5. The molecule has 0 saturated carbocycles. The van der Waals surface area contributed by atoms with Crippen molar-refractivity contribution in [2.45, 2.75) is 5.16 Å². The summed E-state index contributed by atoms with van der Waals surface area (Å²) in [6.45, 7) is 4.10. The summed E-state index contributed by atoms with van der Waals surface area (Å²) in [5.41, 5.74) is 7.07. The maximum Gasteiger partial charge on any atom is 0.248 e. The van der Waals surface area contributed by atoms with E-state index in [1.807, 2.05) is 65.2 Å². The maximum absolute atomic E-state index is 12.2. The molecule has 148 valence electrons. The van der Waals surface area contributed by atoms with Crippen LogP contribution in [0.15, 0.2) is 78.5 Å². The van der Waals surface area contributed by atoms with Gasteiger partial charge in [-0.1, -0.05) is 66.4 Å². The summed E-state index contributed by atoms with van der Waals surface area (Å²) in [5.74, 6) is 0.630. The Kier molecular flexibility index (Phi) is 7.37. The Morgan fingerprint density at radius 2 is 1.76 bits per heavy atom. The molecular weight excluding hydrogens is 404 g/mol. The van der Waals surface area contributed by atoms with Crippen molar-refractivity contribution in [2.24, 2.45) is 0 Å². The highest BCUT2D eigenvalue weighted by Crippen LogP contribution is 2.27. The molecule has 7 nitrogen and oxygen atoms in total. The summed E-state index contributed by atoms with van der Waals surface area (Å²) in [6, 6.07) is 19.6. The molecule has 29 heavy (non-hydrogen) atoms. The highest BCUT2D eigenvalue weighted by molar-refractivity contribution is 7.99. The van der Waals surface area contributed by atoms with E-state index in [1.165, 1.54) is 11.8 Å². The number of thioether (sulfide) groups is 1. The molecular formula is C20H20N6OS2. The van der Waals surface area contributed by atoms with E-state index in [1.54, 1.807) is 6.08 Å². The molecule has 0 aliphatic rings. The Balaban J connectivity index is 1.73. The van der Waals surface area contributed by atoms with E-state index in [9.17, 15) is 4.79 Å². The van der Waals surface area contributed by atoms with Gasteiger partial charge in [-0.25, -0.2) is 0 Å². The third kappa shape index (κ3) is 5.66. The van der Waals surface area contributed by atoms with E-state index < -0.39 is 0 Å². The lowest BCUT2D eigenvalue weighted by atomic mass is 10.2. The minimum absolute atomic E-state index is 0.150. The molecule has 1 heterocycles.